The van der Waals surface area contributed by atoms with Gasteiger partial charge in [-0.3, -0.25) is 4.79 Å². The molecule has 1 aliphatic carbocycles. The summed E-state index contributed by atoms with van der Waals surface area (Å²) in [5.41, 5.74) is -0.218. The van der Waals surface area contributed by atoms with E-state index in [1.807, 2.05) is 22.6 Å². The quantitative estimate of drug-likeness (QED) is 0.479. The second-order valence-corrected chi connectivity index (χ2v) is 10.6. The average molecular weight is 553 g/mol. The maximum absolute atomic E-state index is 14.0. The van der Waals surface area contributed by atoms with Crippen molar-refractivity contribution in [1.29, 1.82) is 0 Å². The third kappa shape index (κ3) is 3.61. The number of anilines is 1. The maximum Gasteiger partial charge on any atom is 0.286 e. The number of rotatable bonds is 4. The molecule has 0 unspecified atom stereocenters. The lowest BCUT2D eigenvalue weighted by Gasteiger charge is -2.21. The van der Waals surface area contributed by atoms with Crippen molar-refractivity contribution in [3.63, 3.8) is 0 Å². The van der Waals surface area contributed by atoms with Gasteiger partial charge in [0.15, 0.2) is 5.84 Å². The number of halogens is 2. The van der Waals surface area contributed by atoms with E-state index in [-0.39, 0.29) is 27.4 Å². The lowest BCUT2D eigenvalue weighted by Crippen LogP contribution is -2.33. The number of aromatic hydroxyl groups is 1. The van der Waals surface area contributed by atoms with Crippen LogP contribution >= 0.6 is 22.6 Å². The Morgan fingerprint density at radius 3 is 2.74 bits per heavy atom. The minimum Gasteiger partial charge on any atom is -0.506 e. The number of aryl methyl sites for hydroxylation is 1. The van der Waals surface area contributed by atoms with Gasteiger partial charge in [-0.25, -0.2) is 4.39 Å². The molecule has 0 bridgehead atoms. The number of fused-ring (bicyclic) bond motifs is 2. The molecular weight excluding hydrogens is 536 g/mol. The Morgan fingerprint density at radius 1 is 1.23 bits per heavy atom. The molecule has 1 fully saturated rings. The van der Waals surface area contributed by atoms with E-state index < -0.39 is 27.1 Å². The smallest absolute Gasteiger partial charge is 0.286 e. The monoisotopic (exact) mass is 553 g/mol. The highest BCUT2D eigenvalue weighted by atomic mass is 127. The van der Waals surface area contributed by atoms with Gasteiger partial charge in [0.2, 0.25) is 0 Å². The molecule has 31 heavy (non-hydrogen) atoms. The summed E-state index contributed by atoms with van der Waals surface area (Å²) in [5, 5.41) is 13.9. The van der Waals surface area contributed by atoms with Crippen LogP contribution in [0.3, 0.4) is 0 Å². The molecule has 0 atom stereocenters. The average Bonchev–Trinajstić information content (AvgIpc) is 3.53. The number of benzene rings is 2. The van der Waals surface area contributed by atoms with E-state index in [1.54, 1.807) is 12.1 Å². The van der Waals surface area contributed by atoms with Gasteiger partial charge in [0.1, 0.15) is 22.0 Å². The van der Waals surface area contributed by atoms with Gasteiger partial charge in [0.05, 0.1) is 11.2 Å². The topological polar surface area (TPSA) is 101 Å². The van der Waals surface area contributed by atoms with Crippen LogP contribution in [0.5, 0.6) is 5.75 Å². The lowest BCUT2D eigenvalue weighted by molar-refractivity contribution is 0.476. The summed E-state index contributed by atoms with van der Waals surface area (Å²) < 4.78 is 45.5. The highest BCUT2D eigenvalue weighted by Crippen LogP contribution is 2.35. The normalized spacial score (nSPS) is 17.2. The van der Waals surface area contributed by atoms with Crippen LogP contribution in [0, 0.1) is 15.3 Å². The molecule has 0 amide bonds. The molecule has 7 nitrogen and oxygen atoms in total. The van der Waals surface area contributed by atoms with Crippen LogP contribution in [0.15, 0.2) is 50.5 Å². The molecule has 0 spiro atoms. The van der Waals surface area contributed by atoms with Gasteiger partial charge >= 0.3 is 0 Å². The number of nitrogens with zero attached hydrogens (tertiary/aromatic N) is 2. The number of nitrogens with one attached hydrogen (secondary N) is 1. The lowest BCUT2D eigenvalue weighted by atomic mass is 10.1. The number of hydrogen-bond acceptors (Lipinski definition) is 5. The van der Waals surface area contributed by atoms with Crippen LogP contribution in [-0.2, 0) is 16.6 Å². The van der Waals surface area contributed by atoms with E-state index >= 15 is 0 Å². The third-order valence-corrected chi connectivity index (χ3v) is 7.57. The zero-order valence-corrected chi connectivity index (χ0v) is 19.1. The van der Waals surface area contributed by atoms with Crippen molar-refractivity contribution in [3.8, 4) is 5.75 Å². The molecule has 5 rings (SSSR count). The summed E-state index contributed by atoms with van der Waals surface area (Å²) in [7, 11) is -4.10. The van der Waals surface area contributed by atoms with Crippen molar-refractivity contribution < 1.29 is 17.9 Å². The molecule has 2 N–H and O–H groups in total. The Labute approximate surface area is 190 Å². The van der Waals surface area contributed by atoms with Crippen LogP contribution in [0.25, 0.3) is 10.9 Å². The van der Waals surface area contributed by atoms with Crippen LogP contribution < -0.4 is 10.9 Å². The largest absolute Gasteiger partial charge is 0.506 e. The number of amidine groups is 1. The van der Waals surface area contributed by atoms with Gasteiger partial charge in [0, 0.05) is 15.5 Å². The van der Waals surface area contributed by atoms with E-state index in [9.17, 15) is 22.7 Å². The second kappa shape index (κ2) is 7.30. The molecule has 0 radical (unpaired) electrons. The molecule has 2 heterocycles. The number of pyridine rings is 1. The van der Waals surface area contributed by atoms with Crippen LogP contribution in [-0.4, -0.2) is 23.9 Å². The van der Waals surface area contributed by atoms with Crippen LogP contribution in [0.1, 0.15) is 24.8 Å². The van der Waals surface area contributed by atoms with E-state index in [2.05, 4.69) is 9.71 Å². The number of aromatic nitrogens is 1. The SMILES string of the molecule is O=c1c(C2=NS(=O)(=O)c3cc(I)ccc3N2)c(O)c2cc(F)ccc2n1CCC1CC1. The summed E-state index contributed by atoms with van der Waals surface area (Å²) in [6.45, 7) is 0.383. The molecule has 1 aliphatic heterocycles. The summed E-state index contributed by atoms with van der Waals surface area (Å²) in [6, 6.07) is 8.58. The van der Waals surface area contributed by atoms with Crippen molar-refractivity contribution in [2.45, 2.75) is 30.7 Å². The van der Waals surface area contributed by atoms with Crippen molar-refractivity contribution in [2.24, 2.45) is 10.3 Å². The van der Waals surface area contributed by atoms with E-state index in [0.717, 1.165) is 25.3 Å². The summed E-state index contributed by atoms with van der Waals surface area (Å²) in [4.78, 5) is 13.4. The molecule has 2 aromatic carbocycles. The Balaban J connectivity index is 1.74. The van der Waals surface area contributed by atoms with Crippen LogP contribution in [0.4, 0.5) is 10.1 Å². The fourth-order valence-corrected chi connectivity index (χ4v) is 5.66. The number of sulfonamides is 1. The van der Waals surface area contributed by atoms with Crippen molar-refractivity contribution in [2.75, 3.05) is 5.32 Å². The van der Waals surface area contributed by atoms with E-state index in [0.29, 0.717) is 21.5 Å². The predicted octanol–water partition coefficient (Wildman–Crippen LogP) is 3.81. The van der Waals surface area contributed by atoms with Crippen molar-refractivity contribution in [3.05, 3.63) is 61.7 Å². The van der Waals surface area contributed by atoms with E-state index in [4.69, 9.17) is 0 Å². The maximum atomic E-state index is 14.0. The van der Waals surface area contributed by atoms with Gasteiger partial charge in [-0.15, -0.1) is 4.40 Å². The van der Waals surface area contributed by atoms with E-state index in [1.165, 1.54) is 22.8 Å². The van der Waals surface area contributed by atoms with Crippen molar-refractivity contribution >= 4 is 55.0 Å². The first kappa shape index (κ1) is 20.4. The first-order valence-corrected chi connectivity index (χ1v) is 12.2. The molecule has 2 aliphatic rings. The molecule has 1 aromatic heterocycles. The Bertz CT molecular complexity index is 1450. The fourth-order valence-electron chi connectivity index (χ4n) is 3.81. The van der Waals surface area contributed by atoms with Gasteiger partial charge in [0.25, 0.3) is 15.6 Å². The number of hydrogen-bond donors (Lipinski definition) is 2. The van der Waals surface area contributed by atoms with Gasteiger partial charge in [-0.2, -0.15) is 8.42 Å². The molecule has 3 aromatic rings. The highest BCUT2D eigenvalue weighted by molar-refractivity contribution is 14.1. The summed E-state index contributed by atoms with van der Waals surface area (Å²) in [6.07, 6.45) is 2.98. The Morgan fingerprint density at radius 2 is 2.00 bits per heavy atom. The molecule has 10 heteroatoms. The Kier molecular flexibility index (Phi) is 4.81. The van der Waals surface area contributed by atoms with Gasteiger partial charge < -0.3 is 15.0 Å². The first-order valence-electron chi connectivity index (χ1n) is 9.71. The first-order chi connectivity index (χ1) is 14.7. The minimum absolute atomic E-state index is 0.0106. The Hall–Kier alpha value is -2.47. The highest BCUT2D eigenvalue weighted by Gasteiger charge is 2.30. The summed E-state index contributed by atoms with van der Waals surface area (Å²) >= 11 is 2.00. The second-order valence-electron chi connectivity index (χ2n) is 7.75. The third-order valence-electron chi connectivity index (χ3n) is 5.58. The minimum atomic E-state index is -4.10. The molecule has 1 saturated carbocycles. The summed E-state index contributed by atoms with van der Waals surface area (Å²) in [5.74, 6) is -0.813. The fraction of sp³-hybridized carbons (Fsp3) is 0.238. The predicted molar refractivity (Wildman–Crippen MR) is 124 cm³/mol. The molecule has 0 saturated heterocycles. The van der Waals surface area contributed by atoms with Gasteiger partial charge in [-0.1, -0.05) is 12.8 Å². The zero-order valence-electron chi connectivity index (χ0n) is 16.1. The van der Waals surface area contributed by atoms with Crippen LogP contribution in [0.2, 0.25) is 0 Å². The zero-order chi connectivity index (χ0) is 21.9. The van der Waals surface area contributed by atoms with Crippen molar-refractivity contribution in [1.82, 2.24) is 4.57 Å². The molecular formula is C21H17FIN3O4S. The molecule has 160 valence electrons. The van der Waals surface area contributed by atoms with Gasteiger partial charge in [-0.05, 0) is 71.3 Å². The standard InChI is InChI=1S/C21H17FIN3O4S/c22-12-3-6-16-14(9-12)19(27)18(21(28)26(16)8-7-11-1-2-11)20-24-15-5-4-13(23)10-17(15)31(29,30)25-20/h3-6,9-11,27H,1-2,7-8H2,(H,24,25).